The molecule has 6 nitrogen and oxygen atoms in total. The summed E-state index contributed by atoms with van der Waals surface area (Å²) in [5, 5.41) is 11.4. The first-order valence-corrected chi connectivity index (χ1v) is 6.21. The number of nitrogens with two attached hydrogens (primary N) is 1. The predicted octanol–water partition coefficient (Wildman–Crippen LogP) is 1.15. The summed E-state index contributed by atoms with van der Waals surface area (Å²) >= 11 is 3.21. The summed E-state index contributed by atoms with van der Waals surface area (Å²) in [5.41, 5.74) is 5.99. The van der Waals surface area contributed by atoms with Crippen LogP contribution in [0.4, 0.5) is 5.69 Å². The summed E-state index contributed by atoms with van der Waals surface area (Å²) in [7, 11) is 0. The molecule has 0 saturated carbocycles. The van der Waals surface area contributed by atoms with Gasteiger partial charge in [0, 0.05) is 4.47 Å². The molecule has 1 aromatic rings. The normalized spacial score (nSPS) is 11.3. The van der Waals surface area contributed by atoms with Gasteiger partial charge in [-0.05, 0) is 25.1 Å². The molecule has 1 amide bonds. The zero-order chi connectivity index (χ0) is 14.4. The standard InChI is InChI=1S/C12H12BrN3O3/c1-2-19-12(18)10(15)11(17)16-9-4-3-8(13)5-7(9)6-14/h3-5,10H,2,15H2,1H3,(H,16,17). The van der Waals surface area contributed by atoms with Gasteiger partial charge in [-0.25, -0.2) is 4.79 Å². The van der Waals surface area contributed by atoms with Crippen LogP contribution < -0.4 is 11.1 Å². The molecule has 1 atom stereocenters. The Morgan fingerprint density at radius 2 is 2.26 bits per heavy atom. The molecule has 0 radical (unpaired) electrons. The maximum atomic E-state index is 11.7. The SMILES string of the molecule is CCOC(=O)C(N)C(=O)Nc1ccc(Br)cc1C#N. The lowest BCUT2D eigenvalue weighted by Crippen LogP contribution is -2.43. The number of rotatable bonds is 4. The number of hydrogen-bond donors (Lipinski definition) is 2. The van der Waals surface area contributed by atoms with Gasteiger partial charge in [0.2, 0.25) is 0 Å². The van der Waals surface area contributed by atoms with Crippen molar-refractivity contribution in [3.05, 3.63) is 28.2 Å². The van der Waals surface area contributed by atoms with E-state index in [0.29, 0.717) is 4.47 Å². The Labute approximate surface area is 118 Å². The fourth-order valence-corrected chi connectivity index (χ4v) is 1.63. The second-order valence-corrected chi connectivity index (χ2v) is 4.44. The van der Waals surface area contributed by atoms with Gasteiger partial charge in [-0.15, -0.1) is 0 Å². The van der Waals surface area contributed by atoms with Crippen LogP contribution in [0.25, 0.3) is 0 Å². The van der Waals surface area contributed by atoms with Crippen LogP contribution in [-0.2, 0) is 14.3 Å². The van der Waals surface area contributed by atoms with Crippen LogP contribution in [0.15, 0.2) is 22.7 Å². The minimum absolute atomic E-state index is 0.140. The van der Waals surface area contributed by atoms with Gasteiger partial charge in [0.1, 0.15) is 6.07 Å². The zero-order valence-corrected chi connectivity index (χ0v) is 11.7. The van der Waals surface area contributed by atoms with E-state index in [1.54, 1.807) is 25.1 Å². The van der Waals surface area contributed by atoms with Crippen LogP contribution in [0.5, 0.6) is 0 Å². The molecule has 0 aliphatic carbocycles. The Bertz CT molecular complexity index is 540. The highest BCUT2D eigenvalue weighted by Gasteiger charge is 2.24. The summed E-state index contributed by atoms with van der Waals surface area (Å²) in [6.45, 7) is 1.76. The highest BCUT2D eigenvalue weighted by Crippen LogP contribution is 2.20. The van der Waals surface area contributed by atoms with E-state index in [1.165, 1.54) is 0 Å². The van der Waals surface area contributed by atoms with Crippen molar-refractivity contribution < 1.29 is 14.3 Å². The van der Waals surface area contributed by atoms with E-state index in [1.807, 2.05) is 6.07 Å². The fraction of sp³-hybridized carbons (Fsp3) is 0.250. The van der Waals surface area contributed by atoms with Gasteiger partial charge in [0.05, 0.1) is 17.9 Å². The molecule has 1 unspecified atom stereocenters. The van der Waals surface area contributed by atoms with E-state index < -0.39 is 17.9 Å². The first kappa shape index (κ1) is 15.1. The van der Waals surface area contributed by atoms with Gasteiger partial charge >= 0.3 is 5.97 Å². The molecule has 0 aliphatic heterocycles. The fourth-order valence-electron chi connectivity index (χ4n) is 1.27. The Hall–Kier alpha value is -1.91. The Kier molecular flexibility index (Phi) is 5.48. The molecular formula is C12H12BrN3O3. The molecular weight excluding hydrogens is 314 g/mol. The first-order chi connectivity index (χ1) is 8.99. The minimum Gasteiger partial charge on any atom is -0.464 e. The van der Waals surface area contributed by atoms with Crippen molar-refractivity contribution in [3.8, 4) is 6.07 Å². The smallest absolute Gasteiger partial charge is 0.332 e. The number of carbonyl (C=O) groups excluding carboxylic acids is 2. The number of carbonyl (C=O) groups is 2. The summed E-state index contributed by atoms with van der Waals surface area (Å²) in [5.74, 6) is -1.53. The number of nitriles is 1. The number of anilines is 1. The average molecular weight is 326 g/mol. The molecule has 1 aromatic carbocycles. The van der Waals surface area contributed by atoms with Crippen molar-refractivity contribution in [3.63, 3.8) is 0 Å². The maximum Gasteiger partial charge on any atom is 0.332 e. The molecule has 7 heteroatoms. The summed E-state index contributed by atoms with van der Waals surface area (Å²) < 4.78 is 5.35. The number of nitrogens with one attached hydrogen (secondary N) is 1. The topological polar surface area (TPSA) is 105 Å². The highest BCUT2D eigenvalue weighted by atomic mass is 79.9. The number of hydrogen-bond acceptors (Lipinski definition) is 5. The van der Waals surface area contributed by atoms with Gasteiger partial charge < -0.3 is 15.8 Å². The molecule has 0 spiro atoms. The molecule has 0 heterocycles. The third-order valence-corrected chi connectivity index (χ3v) is 2.68. The van der Waals surface area contributed by atoms with E-state index in [2.05, 4.69) is 26.0 Å². The van der Waals surface area contributed by atoms with Gasteiger partial charge in [-0.2, -0.15) is 5.26 Å². The van der Waals surface area contributed by atoms with Crippen LogP contribution in [-0.4, -0.2) is 24.5 Å². The van der Waals surface area contributed by atoms with Crippen molar-refractivity contribution in [1.29, 1.82) is 5.26 Å². The van der Waals surface area contributed by atoms with E-state index in [0.717, 1.165) is 0 Å². The molecule has 1 rings (SSSR count). The first-order valence-electron chi connectivity index (χ1n) is 5.42. The van der Waals surface area contributed by atoms with Crippen molar-refractivity contribution in [2.75, 3.05) is 11.9 Å². The molecule has 3 N–H and O–H groups in total. The second kappa shape index (κ2) is 6.87. The second-order valence-electron chi connectivity index (χ2n) is 3.52. The van der Waals surface area contributed by atoms with Crippen LogP contribution in [0, 0.1) is 11.3 Å². The lowest BCUT2D eigenvalue weighted by Gasteiger charge is -2.12. The quantitative estimate of drug-likeness (QED) is 0.638. The largest absolute Gasteiger partial charge is 0.464 e. The zero-order valence-electron chi connectivity index (χ0n) is 10.1. The lowest BCUT2D eigenvalue weighted by molar-refractivity contribution is -0.146. The number of ether oxygens (including phenoxy) is 1. The molecule has 0 aromatic heterocycles. The summed E-state index contributed by atoms with van der Waals surface area (Å²) in [6.07, 6.45) is 0. The van der Waals surface area contributed by atoms with Crippen LogP contribution in [0.1, 0.15) is 12.5 Å². The predicted molar refractivity (Wildman–Crippen MR) is 72.1 cm³/mol. The van der Waals surface area contributed by atoms with Crippen LogP contribution >= 0.6 is 15.9 Å². The van der Waals surface area contributed by atoms with Gasteiger partial charge in [0.15, 0.2) is 6.04 Å². The number of amides is 1. The van der Waals surface area contributed by atoms with E-state index >= 15 is 0 Å². The number of nitrogens with zero attached hydrogens (tertiary/aromatic N) is 1. The maximum absolute atomic E-state index is 11.7. The van der Waals surface area contributed by atoms with Gasteiger partial charge in [0.25, 0.3) is 5.91 Å². The summed E-state index contributed by atoms with van der Waals surface area (Å²) in [6, 6.07) is 5.26. The van der Waals surface area contributed by atoms with Crippen LogP contribution in [0.2, 0.25) is 0 Å². The van der Waals surface area contributed by atoms with Crippen molar-refractivity contribution in [1.82, 2.24) is 0 Å². The Balaban J connectivity index is 2.83. The number of halogens is 1. The van der Waals surface area contributed by atoms with Gasteiger partial charge in [-0.1, -0.05) is 15.9 Å². The van der Waals surface area contributed by atoms with Crippen molar-refractivity contribution in [2.24, 2.45) is 5.73 Å². The molecule has 0 saturated heterocycles. The molecule has 19 heavy (non-hydrogen) atoms. The van der Waals surface area contributed by atoms with E-state index in [-0.39, 0.29) is 17.9 Å². The third kappa shape index (κ3) is 4.05. The minimum atomic E-state index is -1.42. The lowest BCUT2D eigenvalue weighted by atomic mass is 10.2. The van der Waals surface area contributed by atoms with Gasteiger partial charge in [-0.3, -0.25) is 4.79 Å². The van der Waals surface area contributed by atoms with Crippen LogP contribution in [0.3, 0.4) is 0 Å². The molecule has 0 aliphatic rings. The van der Waals surface area contributed by atoms with Crippen molar-refractivity contribution in [2.45, 2.75) is 13.0 Å². The number of esters is 1. The Morgan fingerprint density at radius 1 is 1.58 bits per heavy atom. The third-order valence-electron chi connectivity index (χ3n) is 2.18. The average Bonchev–Trinajstić information content (AvgIpc) is 2.39. The monoisotopic (exact) mass is 325 g/mol. The van der Waals surface area contributed by atoms with E-state index in [4.69, 9.17) is 11.0 Å². The van der Waals surface area contributed by atoms with Crippen molar-refractivity contribution >= 4 is 33.5 Å². The molecule has 0 fully saturated rings. The molecule has 0 bridgehead atoms. The Morgan fingerprint density at radius 3 is 2.84 bits per heavy atom. The summed E-state index contributed by atoms with van der Waals surface area (Å²) in [4.78, 5) is 23.0. The highest BCUT2D eigenvalue weighted by molar-refractivity contribution is 9.10. The molecule has 100 valence electrons. The number of benzene rings is 1. The van der Waals surface area contributed by atoms with E-state index in [9.17, 15) is 9.59 Å².